The molecule has 0 unspecified atom stereocenters. The Morgan fingerprint density at radius 2 is 1.60 bits per heavy atom. The molecule has 20 heavy (non-hydrogen) atoms. The monoisotopic (exact) mass is 276 g/mol. The van der Waals surface area contributed by atoms with Crippen molar-refractivity contribution in [1.82, 2.24) is 5.32 Å². The summed E-state index contributed by atoms with van der Waals surface area (Å²) < 4.78 is 0. The summed E-state index contributed by atoms with van der Waals surface area (Å²) in [5.74, 6) is 0. The average molecular weight is 276 g/mol. The SMILES string of the molecule is CCCCN(CCCCNC(C)(C)C)c1ccccc1. The van der Waals surface area contributed by atoms with Crippen LogP contribution in [0.3, 0.4) is 0 Å². The van der Waals surface area contributed by atoms with Crippen LogP contribution in [0.25, 0.3) is 0 Å². The fraction of sp³-hybridized carbons (Fsp3) is 0.667. The van der Waals surface area contributed by atoms with Gasteiger partial charge in [0, 0.05) is 24.3 Å². The number of unbranched alkanes of at least 4 members (excludes halogenated alkanes) is 2. The van der Waals surface area contributed by atoms with E-state index in [-0.39, 0.29) is 5.54 Å². The second kappa shape index (κ2) is 9.02. The van der Waals surface area contributed by atoms with Gasteiger partial charge in [0.2, 0.25) is 0 Å². The van der Waals surface area contributed by atoms with E-state index in [9.17, 15) is 0 Å². The number of hydrogen-bond donors (Lipinski definition) is 1. The smallest absolute Gasteiger partial charge is 0.0366 e. The third-order valence-corrected chi connectivity index (χ3v) is 3.41. The molecule has 114 valence electrons. The lowest BCUT2D eigenvalue weighted by Crippen LogP contribution is -2.36. The van der Waals surface area contributed by atoms with Gasteiger partial charge in [-0.1, -0.05) is 31.5 Å². The van der Waals surface area contributed by atoms with E-state index < -0.39 is 0 Å². The molecular formula is C18H32N2. The van der Waals surface area contributed by atoms with E-state index in [4.69, 9.17) is 0 Å². The first-order valence-corrected chi connectivity index (χ1v) is 8.08. The molecule has 0 aliphatic heterocycles. The molecule has 0 amide bonds. The molecule has 1 N–H and O–H groups in total. The maximum atomic E-state index is 3.56. The molecule has 0 fully saturated rings. The van der Waals surface area contributed by atoms with Crippen molar-refractivity contribution in [3.8, 4) is 0 Å². The molecule has 0 spiro atoms. The number of benzene rings is 1. The molecule has 0 aliphatic rings. The van der Waals surface area contributed by atoms with E-state index in [1.54, 1.807) is 0 Å². The highest BCUT2D eigenvalue weighted by Crippen LogP contribution is 2.15. The summed E-state index contributed by atoms with van der Waals surface area (Å²) in [5.41, 5.74) is 1.60. The van der Waals surface area contributed by atoms with Crippen LogP contribution in [0.5, 0.6) is 0 Å². The maximum Gasteiger partial charge on any atom is 0.0366 e. The zero-order valence-electron chi connectivity index (χ0n) is 13.8. The third kappa shape index (κ3) is 7.54. The summed E-state index contributed by atoms with van der Waals surface area (Å²) in [7, 11) is 0. The molecule has 1 aromatic carbocycles. The minimum Gasteiger partial charge on any atom is -0.372 e. The van der Waals surface area contributed by atoms with Gasteiger partial charge in [0.1, 0.15) is 0 Å². The maximum absolute atomic E-state index is 3.56. The molecule has 0 saturated heterocycles. The van der Waals surface area contributed by atoms with Crippen molar-refractivity contribution in [3.63, 3.8) is 0 Å². The molecular weight excluding hydrogens is 244 g/mol. The average Bonchev–Trinajstić information content (AvgIpc) is 2.41. The molecule has 0 saturated carbocycles. The normalized spacial score (nSPS) is 11.6. The summed E-state index contributed by atoms with van der Waals surface area (Å²) in [6, 6.07) is 10.8. The first kappa shape index (κ1) is 17.0. The van der Waals surface area contributed by atoms with Gasteiger partial charge < -0.3 is 10.2 Å². The number of rotatable bonds is 9. The van der Waals surface area contributed by atoms with Crippen LogP contribution in [0, 0.1) is 0 Å². The van der Waals surface area contributed by atoms with Gasteiger partial charge >= 0.3 is 0 Å². The van der Waals surface area contributed by atoms with Crippen LogP contribution < -0.4 is 10.2 Å². The third-order valence-electron chi connectivity index (χ3n) is 3.41. The molecule has 0 bridgehead atoms. The van der Waals surface area contributed by atoms with Crippen LogP contribution in [-0.4, -0.2) is 25.2 Å². The lowest BCUT2D eigenvalue weighted by atomic mass is 10.1. The van der Waals surface area contributed by atoms with Gasteiger partial charge in [0.05, 0.1) is 0 Å². The molecule has 0 radical (unpaired) electrons. The number of para-hydroxylation sites is 1. The highest BCUT2D eigenvalue weighted by molar-refractivity contribution is 5.45. The molecule has 1 aromatic rings. The number of nitrogens with zero attached hydrogens (tertiary/aromatic N) is 1. The predicted octanol–water partition coefficient (Wildman–Crippen LogP) is 4.46. The van der Waals surface area contributed by atoms with E-state index in [1.165, 1.54) is 37.9 Å². The molecule has 0 aliphatic carbocycles. The predicted molar refractivity (Wildman–Crippen MR) is 90.6 cm³/mol. The van der Waals surface area contributed by atoms with Crippen molar-refractivity contribution in [3.05, 3.63) is 30.3 Å². The fourth-order valence-corrected chi connectivity index (χ4v) is 2.25. The number of anilines is 1. The summed E-state index contributed by atoms with van der Waals surface area (Å²) in [5, 5.41) is 3.56. The summed E-state index contributed by atoms with van der Waals surface area (Å²) in [6.07, 6.45) is 5.03. The second-order valence-electron chi connectivity index (χ2n) is 6.56. The van der Waals surface area contributed by atoms with E-state index >= 15 is 0 Å². The van der Waals surface area contributed by atoms with E-state index in [0.717, 1.165) is 13.1 Å². The summed E-state index contributed by atoms with van der Waals surface area (Å²) in [6.45, 7) is 12.4. The van der Waals surface area contributed by atoms with Gasteiger partial charge in [-0.3, -0.25) is 0 Å². The van der Waals surface area contributed by atoms with Crippen LogP contribution in [0.4, 0.5) is 5.69 Å². The van der Waals surface area contributed by atoms with Crippen LogP contribution in [-0.2, 0) is 0 Å². The number of hydrogen-bond acceptors (Lipinski definition) is 2. The van der Waals surface area contributed by atoms with Gasteiger partial charge in [-0.2, -0.15) is 0 Å². The second-order valence-corrected chi connectivity index (χ2v) is 6.56. The van der Waals surface area contributed by atoms with Crippen LogP contribution >= 0.6 is 0 Å². The Morgan fingerprint density at radius 1 is 0.950 bits per heavy atom. The number of nitrogens with one attached hydrogen (secondary N) is 1. The first-order valence-electron chi connectivity index (χ1n) is 8.08. The van der Waals surface area contributed by atoms with Gasteiger partial charge in [-0.05, 0) is 58.7 Å². The van der Waals surface area contributed by atoms with Crippen molar-refractivity contribution < 1.29 is 0 Å². The Kier molecular flexibility index (Phi) is 7.68. The van der Waals surface area contributed by atoms with Gasteiger partial charge in [0.15, 0.2) is 0 Å². The van der Waals surface area contributed by atoms with Crippen LogP contribution in [0.2, 0.25) is 0 Å². The van der Waals surface area contributed by atoms with Crippen molar-refractivity contribution in [2.24, 2.45) is 0 Å². The van der Waals surface area contributed by atoms with E-state index in [1.807, 2.05) is 0 Å². The quantitative estimate of drug-likeness (QED) is 0.670. The van der Waals surface area contributed by atoms with Crippen molar-refractivity contribution in [2.45, 2.75) is 58.9 Å². The van der Waals surface area contributed by atoms with Crippen molar-refractivity contribution in [2.75, 3.05) is 24.5 Å². The Labute approximate surface area is 125 Å². The van der Waals surface area contributed by atoms with Gasteiger partial charge in [0.25, 0.3) is 0 Å². The summed E-state index contributed by atoms with van der Waals surface area (Å²) >= 11 is 0. The minimum atomic E-state index is 0.237. The summed E-state index contributed by atoms with van der Waals surface area (Å²) in [4.78, 5) is 2.53. The van der Waals surface area contributed by atoms with Crippen molar-refractivity contribution in [1.29, 1.82) is 0 Å². The molecule has 1 rings (SSSR count). The Hall–Kier alpha value is -1.02. The Morgan fingerprint density at radius 3 is 2.20 bits per heavy atom. The van der Waals surface area contributed by atoms with E-state index in [0.29, 0.717) is 0 Å². The molecule has 0 heterocycles. The standard InChI is InChI=1S/C18H32N2/c1-5-6-15-20(17-12-8-7-9-13-17)16-11-10-14-19-18(2,3)4/h7-9,12-13,19H,5-6,10-11,14-16H2,1-4H3. The lowest BCUT2D eigenvalue weighted by molar-refractivity contribution is 0.418. The largest absolute Gasteiger partial charge is 0.372 e. The topological polar surface area (TPSA) is 15.3 Å². The molecule has 2 heteroatoms. The fourth-order valence-electron chi connectivity index (χ4n) is 2.25. The zero-order chi connectivity index (χ0) is 14.8. The minimum absolute atomic E-state index is 0.237. The Bertz CT molecular complexity index is 340. The molecule has 2 nitrogen and oxygen atoms in total. The van der Waals surface area contributed by atoms with Crippen LogP contribution in [0.1, 0.15) is 53.4 Å². The van der Waals surface area contributed by atoms with Crippen molar-refractivity contribution >= 4 is 5.69 Å². The molecule has 0 aromatic heterocycles. The van der Waals surface area contributed by atoms with Gasteiger partial charge in [-0.25, -0.2) is 0 Å². The van der Waals surface area contributed by atoms with Crippen LogP contribution in [0.15, 0.2) is 30.3 Å². The van der Waals surface area contributed by atoms with Gasteiger partial charge in [-0.15, -0.1) is 0 Å². The Balaban J connectivity index is 2.34. The zero-order valence-corrected chi connectivity index (χ0v) is 13.8. The highest BCUT2D eigenvalue weighted by atomic mass is 15.1. The highest BCUT2D eigenvalue weighted by Gasteiger charge is 2.08. The first-order chi connectivity index (χ1) is 9.53. The lowest BCUT2D eigenvalue weighted by Gasteiger charge is -2.25. The van der Waals surface area contributed by atoms with E-state index in [2.05, 4.69) is 68.2 Å². The molecule has 0 atom stereocenters.